The van der Waals surface area contributed by atoms with E-state index in [4.69, 9.17) is 9.47 Å². The van der Waals surface area contributed by atoms with E-state index in [0.29, 0.717) is 19.7 Å². The summed E-state index contributed by atoms with van der Waals surface area (Å²) >= 11 is 0. The van der Waals surface area contributed by atoms with Crippen LogP contribution in [-0.2, 0) is 27.3 Å². The van der Waals surface area contributed by atoms with Crippen LogP contribution in [0.5, 0.6) is 5.75 Å². The van der Waals surface area contributed by atoms with E-state index in [0.717, 1.165) is 24.3 Å². The van der Waals surface area contributed by atoms with Gasteiger partial charge in [-0.2, -0.15) is 0 Å². The van der Waals surface area contributed by atoms with Gasteiger partial charge in [-0.15, -0.1) is 0 Å². The van der Waals surface area contributed by atoms with E-state index in [1.165, 1.54) is 0 Å². The number of nitrogens with zero attached hydrogens (tertiary/aromatic N) is 3. The summed E-state index contributed by atoms with van der Waals surface area (Å²) in [5, 5.41) is 0. The first-order chi connectivity index (χ1) is 13.1. The molecule has 0 saturated heterocycles. The molecule has 2 aromatic rings. The van der Waals surface area contributed by atoms with Gasteiger partial charge in [0.15, 0.2) is 0 Å². The molecule has 0 N–H and O–H groups in total. The monoisotopic (exact) mass is 373 g/mol. The Labute approximate surface area is 159 Å². The Morgan fingerprint density at radius 3 is 2.59 bits per heavy atom. The molecule has 0 unspecified atom stereocenters. The Kier molecular flexibility index (Phi) is 8.35. The van der Waals surface area contributed by atoms with Gasteiger partial charge in [-0.1, -0.05) is 12.1 Å². The molecule has 0 fully saturated rings. The molecule has 0 bridgehead atoms. The zero-order valence-electron chi connectivity index (χ0n) is 16.0. The summed E-state index contributed by atoms with van der Waals surface area (Å²) in [6.45, 7) is 3.82. The molecular weight excluding hydrogens is 346 g/mol. The fourth-order valence-corrected chi connectivity index (χ4v) is 2.71. The van der Waals surface area contributed by atoms with Gasteiger partial charge < -0.3 is 18.9 Å². The summed E-state index contributed by atoms with van der Waals surface area (Å²) in [5.41, 5.74) is 0.913. The largest absolute Gasteiger partial charge is 0.497 e. The van der Waals surface area contributed by atoms with Crippen LogP contribution in [-0.4, -0.2) is 53.1 Å². The molecule has 27 heavy (non-hydrogen) atoms. The minimum atomic E-state index is -0.283. The van der Waals surface area contributed by atoms with E-state index in [2.05, 4.69) is 4.98 Å². The van der Waals surface area contributed by atoms with E-state index in [1.54, 1.807) is 31.5 Å². The second-order valence-corrected chi connectivity index (χ2v) is 6.11. The van der Waals surface area contributed by atoms with Gasteiger partial charge in [0.2, 0.25) is 5.91 Å². The maximum Gasteiger partial charge on any atom is 0.307 e. The second-order valence-electron chi connectivity index (χ2n) is 6.11. The predicted molar refractivity (Wildman–Crippen MR) is 101 cm³/mol. The Morgan fingerprint density at radius 1 is 1.19 bits per heavy atom. The van der Waals surface area contributed by atoms with Crippen molar-refractivity contribution in [1.29, 1.82) is 0 Å². The zero-order chi connectivity index (χ0) is 19.5. The maximum atomic E-state index is 12.8. The molecule has 1 aromatic heterocycles. The molecule has 7 nitrogen and oxygen atoms in total. The van der Waals surface area contributed by atoms with E-state index < -0.39 is 0 Å². The maximum absolute atomic E-state index is 12.8. The molecule has 0 aliphatic rings. The van der Waals surface area contributed by atoms with Gasteiger partial charge in [-0.3, -0.25) is 9.59 Å². The van der Waals surface area contributed by atoms with Gasteiger partial charge >= 0.3 is 5.97 Å². The Bertz CT molecular complexity index is 699. The van der Waals surface area contributed by atoms with E-state index in [1.807, 2.05) is 35.0 Å². The number of hydrogen-bond acceptors (Lipinski definition) is 5. The van der Waals surface area contributed by atoms with Crippen LogP contribution in [0.3, 0.4) is 0 Å². The third kappa shape index (κ3) is 7.13. The van der Waals surface area contributed by atoms with Crippen LogP contribution in [0, 0.1) is 0 Å². The summed E-state index contributed by atoms with van der Waals surface area (Å²) in [6, 6.07) is 7.44. The normalized spacial score (nSPS) is 10.4. The van der Waals surface area contributed by atoms with Crippen LogP contribution in [0.2, 0.25) is 0 Å². The highest BCUT2D eigenvalue weighted by atomic mass is 16.5. The number of ether oxygens (including phenoxy) is 2. The van der Waals surface area contributed by atoms with Crippen molar-refractivity contribution in [2.75, 3.05) is 26.8 Å². The molecule has 2 rings (SSSR count). The molecule has 1 amide bonds. The highest BCUT2D eigenvalue weighted by molar-refractivity contribution is 5.79. The fourth-order valence-electron chi connectivity index (χ4n) is 2.71. The smallest absolute Gasteiger partial charge is 0.307 e. The topological polar surface area (TPSA) is 73.7 Å². The van der Waals surface area contributed by atoms with Crippen LogP contribution in [0.25, 0.3) is 0 Å². The minimum Gasteiger partial charge on any atom is -0.497 e. The highest BCUT2D eigenvalue weighted by Gasteiger charge is 2.16. The fraction of sp³-hybridized carbons (Fsp3) is 0.450. The van der Waals surface area contributed by atoms with Crippen molar-refractivity contribution in [3.63, 3.8) is 0 Å². The predicted octanol–water partition coefficient (Wildman–Crippen LogP) is 2.31. The average Bonchev–Trinajstić information content (AvgIpc) is 3.18. The number of esters is 1. The number of hydrogen-bond donors (Lipinski definition) is 0. The van der Waals surface area contributed by atoms with Crippen molar-refractivity contribution in [3.05, 3.63) is 48.5 Å². The molecular formula is C20H27N3O4. The number of methoxy groups -OCH3 is 1. The minimum absolute atomic E-state index is 0.00454. The number of amides is 1. The summed E-state index contributed by atoms with van der Waals surface area (Å²) in [6.07, 6.45) is 6.65. The SMILES string of the molecule is CCOC(=O)CCN(CCCn1ccnc1)C(=O)Cc1ccc(OC)cc1. The van der Waals surface area contributed by atoms with E-state index in [9.17, 15) is 9.59 Å². The first kappa shape index (κ1) is 20.5. The molecule has 1 heterocycles. The van der Waals surface area contributed by atoms with Gasteiger partial charge in [-0.05, 0) is 31.0 Å². The van der Waals surface area contributed by atoms with E-state index in [-0.39, 0.29) is 24.7 Å². The molecule has 146 valence electrons. The summed E-state index contributed by atoms with van der Waals surface area (Å²) < 4.78 is 12.1. The lowest BCUT2D eigenvalue weighted by molar-refractivity contribution is -0.144. The lowest BCUT2D eigenvalue weighted by atomic mass is 10.1. The van der Waals surface area contributed by atoms with Crippen molar-refractivity contribution in [2.24, 2.45) is 0 Å². The van der Waals surface area contributed by atoms with E-state index >= 15 is 0 Å². The number of benzene rings is 1. The Balaban J connectivity index is 1.92. The lowest BCUT2D eigenvalue weighted by Crippen LogP contribution is -2.35. The second kappa shape index (κ2) is 11.0. The number of aromatic nitrogens is 2. The summed E-state index contributed by atoms with van der Waals surface area (Å²) in [4.78, 5) is 30.2. The van der Waals surface area contributed by atoms with Crippen molar-refractivity contribution in [1.82, 2.24) is 14.5 Å². The lowest BCUT2D eigenvalue weighted by Gasteiger charge is -2.22. The van der Waals surface area contributed by atoms with Crippen LogP contribution in [0.15, 0.2) is 43.0 Å². The number of carbonyl (C=O) groups excluding carboxylic acids is 2. The molecule has 0 aliphatic heterocycles. The molecule has 1 aromatic carbocycles. The molecule has 7 heteroatoms. The third-order valence-corrected chi connectivity index (χ3v) is 4.16. The number of aryl methyl sites for hydroxylation is 1. The van der Waals surface area contributed by atoms with Gasteiger partial charge in [0.25, 0.3) is 0 Å². The number of rotatable bonds is 11. The standard InChI is InChI=1S/C20H27N3O4/c1-3-27-20(25)9-13-23(12-4-11-22-14-10-21-16-22)19(24)15-17-5-7-18(26-2)8-6-17/h5-8,10,14,16H,3-4,9,11-13,15H2,1-2H3. The average molecular weight is 373 g/mol. The quantitative estimate of drug-likeness (QED) is 0.565. The van der Waals surface area contributed by atoms with Gasteiger partial charge in [-0.25, -0.2) is 4.98 Å². The summed E-state index contributed by atoms with van der Waals surface area (Å²) in [5.74, 6) is 0.468. The molecule has 0 aliphatic carbocycles. The number of imidazole rings is 1. The van der Waals surface area contributed by atoms with Gasteiger partial charge in [0, 0.05) is 32.0 Å². The molecule has 0 radical (unpaired) electrons. The van der Waals surface area contributed by atoms with Crippen LogP contribution >= 0.6 is 0 Å². The first-order valence-corrected chi connectivity index (χ1v) is 9.14. The van der Waals surface area contributed by atoms with Crippen LogP contribution < -0.4 is 4.74 Å². The van der Waals surface area contributed by atoms with Crippen molar-refractivity contribution < 1.29 is 19.1 Å². The van der Waals surface area contributed by atoms with Crippen molar-refractivity contribution in [3.8, 4) is 5.75 Å². The van der Waals surface area contributed by atoms with Gasteiger partial charge in [0.1, 0.15) is 5.75 Å². The molecule has 0 spiro atoms. The highest BCUT2D eigenvalue weighted by Crippen LogP contribution is 2.13. The molecule has 0 saturated carbocycles. The first-order valence-electron chi connectivity index (χ1n) is 9.14. The Morgan fingerprint density at radius 2 is 1.96 bits per heavy atom. The summed E-state index contributed by atoms with van der Waals surface area (Å²) in [7, 11) is 1.61. The molecule has 0 atom stereocenters. The van der Waals surface area contributed by atoms with Crippen molar-refractivity contribution in [2.45, 2.75) is 32.7 Å². The number of carbonyl (C=O) groups is 2. The zero-order valence-corrected chi connectivity index (χ0v) is 16.0. The Hall–Kier alpha value is -2.83. The van der Waals surface area contributed by atoms with Crippen LogP contribution in [0.1, 0.15) is 25.3 Å². The van der Waals surface area contributed by atoms with Crippen molar-refractivity contribution >= 4 is 11.9 Å². The third-order valence-electron chi connectivity index (χ3n) is 4.16. The van der Waals surface area contributed by atoms with Crippen LogP contribution in [0.4, 0.5) is 0 Å². The van der Waals surface area contributed by atoms with Gasteiger partial charge in [0.05, 0.1) is 32.9 Å².